The molecule has 0 aliphatic heterocycles. The Bertz CT molecular complexity index is 1330. The van der Waals surface area contributed by atoms with Gasteiger partial charge in [-0.3, -0.25) is 0 Å². The van der Waals surface area contributed by atoms with E-state index in [-0.39, 0.29) is 22.7 Å². The Kier molecular flexibility index (Phi) is 9.30. The number of phenols is 1. The number of halogens is 2. The molecule has 0 bridgehead atoms. The van der Waals surface area contributed by atoms with E-state index in [1.54, 1.807) is 30.1 Å². The van der Waals surface area contributed by atoms with Crippen LogP contribution < -0.4 is 5.32 Å². The number of hydrogen-bond donors (Lipinski definition) is 2. The molecule has 216 valence electrons. The first kappa shape index (κ1) is 31.5. The smallest absolute Gasteiger partial charge is 0.321 e. The lowest BCUT2D eigenvalue weighted by molar-refractivity contribution is 0.211. The van der Waals surface area contributed by atoms with Crippen LogP contribution in [0, 0.1) is 5.82 Å². The molecule has 0 aliphatic rings. The zero-order chi connectivity index (χ0) is 30.0. The maximum absolute atomic E-state index is 14.5. The number of urea groups is 1. The van der Waals surface area contributed by atoms with Gasteiger partial charge in [-0.1, -0.05) is 103 Å². The fourth-order valence-corrected chi connectivity index (χ4v) is 5.29. The summed E-state index contributed by atoms with van der Waals surface area (Å²) in [5, 5.41) is 14.6. The summed E-state index contributed by atoms with van der Waals surface area (Å²) < 4.78 is 14.5. The SMILES string of the molecule is CN(CC(C)(C)c1ccccc1F)C(=O)Nc1cc(Cl)ccc1CCc1cc(C(C)(C)C)c(O)c(C(C)(C)C)c1. The van der Waals surface area contributed by atoms with Gasteiger partial charge in [0.2, 0.25) is 0 Å². The molecule has 0 saturated carbocycles. The van der Waals surface area contributed by atoms with Crippen molar-refractivity contribution in [1.82, 2.24) is 4.90 Å². The van der Waals surface area contributed by atoms with E-state index in [4.69, 9.17) is 11.6 Å². The molecule has 0 heterocycles. The van der Waals surface area contributed by atoms with E-state index < -0.39 is 5.41 Å². The Morgan fingerprint density at radius 2 is 1.45 bits per heavy atom. The van der Waals surface area contributed by atoms with Crippen LogP contribution in [0.15, 0.2) is 54.6 Å². The molecule has 0 aliphatic carbocycles. The van der Waals surface area contributed by atoms with E-state index in [9.17, 15) is 14.3 Å². The minimum absolute atomic E-state index is 0.208. The second kappa shape index (κ2) is 11.8. The van der Waals surface area contributed by atoms with Gasteiger partial charge in [0.15, 0.2) is 0 Å². The zero-order valence-electron chi connectivity index (χ0n) is 25.4. The minimum Gasteiger partial charge on any atom is -0.507 e. The Labute approximate surface area is 244 Å². The molecule has 3 aromatic carbocycles. The molecule has 2 amide bonds. The van der Waals surface area contributed by atoms with Gasteiger partial charge in [0, 0.05) is 29.7 Å². The first-order chi connectivity index (χ1) is 18.4. The highest BCUT2D eigenvalue weighted by Gasteiger charge is 2.28. The summed E-state index contributed by atoms with van der Waals surface area (Å²) in [5.74, 6) is 0.0847. The average Bonchev–Trinajstić information content (AvgIpc) is 2.82. The predicted octanol–water partition coefficient (Wildman–Crippen LogP) is 9.01. The summed E-state index contributed by atoms with van der Waals surface area (Å²) >= 11 is 6.33. The summed E-state index contributed by atoms with van der Waals surface area (Å²) in [4.78, 5) is 14.8. The Morgan fingerprint density at radius 3 is 2.00 bits per heavy atom. The number of benzene rings is 3. The van der Waals surface area contributed by atoms with Crippen LogP contribution in [0.25, 0.3) is 0 Å². The van der Waals surface area contributed by atoms with Crippen LogP contribution in [0.4, 0.5) is 14.9 Å². The van der Waals surface area contributed by atoms with Crippen molar-refractivity contribution in [3.05, 3.63) is 93.3 Å². The van der Waals surface area contributed by atoms with Crippen molar-refractivity contribution in [3.8, 4) is 5.75 Å². The number of nitrogens with one attached hydrogen (secondary N) is 1. The van der Waals surface area contributed by atoms with Crippen LogP contribution in [0.5, 0.6) is 5.75 Å². The fourth-order valence-electron chi connectivity index (χ4n) is 5.11. The molecule has 2 N–H and O–H groups in total. The van der Waals surface area contributed by atoms with E-state index in [1.165, 1.54) is 6.07 Å². The summed E-state index contributed by atoms with van der Waals surface area (Å²) in [6.07, 6.45) is 1.41. The molecule has 40 heavy (non-hydrogen) atoms. The Hall–Kier alpha value is -3.05. The van der Waals surface area contributed by atoms with Crippen LogP contribution in [0.3, 0.4) is 0 Å². The predicted molar refractivity (Wildman–Crippen MR) is 165 cm³/mol. The van der Waals surface area contributed by atoms with E-state index in [0.29, 0.717) is 35.0 Å². The van der Waals surface area contributed by atoms with Gasteiger partial charge in [0.05, 0.1) is 0 Å². The summed E-state index contributed by atoms with van der Waals surface area (Å²) in [5.41, 5.74) is 4.17. The topological polar surface area (TPSA) is 52.6 Å². The quantitative estimate of drug-likeness (QED) is 0.300. The lowest BCUT2D eigenvalue weighted by atomic mass is 9.78. The van der Waals surface area contributed by atoms with E-state index in [0.717, 1.165) is 28.7 Å². The van der Waals surface area contributed by atoms with Crippen LogP contribution in [0.2, 0.25) is 5.02 Å². The van der Waals surface area contributed by atoms with Crippen LogP contribution in [0.1, 0.15) is 83.2 Å². The standard InChI is InChI=1S/C34H44ClFN2O2/c1-32(2,3)26-18-22(19-27(30(26)39)33(4,5)6)14-15-23-16-17-24(35)20-29(23)37-31(40)38(9)21-34(7,8)25-12-10-11-13-28(25)36/h10-13,16-20,39H,14-15,21H2,1-9H3,(H,37,40). The van der Waals surface area contributed by atoms with Gasteiger partial charge in [-0.15, -0.1) is 0 Å². The zero-order valence-corrected chi connectivity index (χ0v) is 26.1. The highest BCUT2D eigenvalue weighted by Crippen LogP contribution is 2.40. The molecule has 0 aromatic heterocycles. The first-order valence-corrected chi connectivity index (χ1v) is 14.2. The largest absolute Gasteiger partial charge is 0.507 e. The average molecular weight is 567 g/mol. The number of rotatable bonds is 7. The van der Waals surface area contributed by atoms with Crippen molar-refractivity contribution >= 4 is 23.3 Å². The van der Waals surface area contributed by atoms with Crippen molar-refractivity contribution in [2.75, 3.05) is 18.9 Å². The Balaban J connectivity index is 1.82. The van der Waals surface area contributed by atoms with Crippen molar-refractivity contribution in [2.24, 2.45) is 0 Å². The fraction of sp³-hybridized carbons (Fsp3) is 0.441. The number of likely N-dealkylation sites (N-methyl/N-ethyl adjacent to an activating group) is 1. The first-order valence-electron chi connectivity index (χ1n) is 13.8. The van der Waals surface area contributed by atoms with Gasteiger partial charge in [-0.2, -0.15) is 0 Å². The van der Waals surface area contributed by atoms with Crippen molar-refractivity contribution < 1.29 is 14.3 Å². The number of hydrogen-bond acceptors (Lipinski definition) is 2. The molecule has 0 unspecified atom stereocenters. The highest BCUT2D eigenvalue weighted by molar-refractivity contribution is 6.31. The number of amides is 2. The van der Waals surface area contributed by atoms with E-state index in [2.05, 4.69) is 59.0 Å². The third-order valence-electron chi connectivity index (χ3n) is 7.36. The number of phenolic OH excluding ortho intramolecular Hbond substituents is 1. The molecule has 0 spiro atoms. The normalized spacial score (nSPS) is 12.4. The number of anilines is 1. The third-order valence-corrected chi connectivity index (χ3v) is 7.60. The van der Waals surface area contributed by atoms with Crippen molar-refractivity contribution in [2.45, 2.75) is 84.5 Å². The van der Waals surface area contributed by atoms with Crippen molar-refractivity contribution in [1.29, 1.82) is 0 Å². The molecule has 0 saturated heterocycles. The third kappa shape index (κ3) is 7.57. The number of aryl methyl sites for hydroxylation is 2. The summed E-state index contributed by atoms with van der Waals surface area (Å²) in [7, 11) is 1.71. The Morgan fingerprint density at radius 1 is 0.875 bits per heavy atom. The lowest BCUT2D eigenvalue weighted by Gasteiger charge is -2.31. The van der Waals surface area contributed by atoms with Gasteiger partial charge < -0.3 is 15.3 Å². The van der Waals surface area contributed by atoms with Crippen LogP contribution >= 0.6 is 11.6 Å². The summed E-state index contributed by atoms with van der Waals surface area (Å²) in [6.45, 7) is 16.8. The van der Waals surface area contributed by atoms with Gasteiger partial charge in [0.1, 0.15) is 11.6 Å². The van der Waals surface area contributed by atoms with Gasteiger partial charge in [0.25, 0.3) is 0 Å². The second-order valence-electron chi connectivity index (χ2n) is 13.5. The van der Waals surface area contributed by atoms with Crippen molar-refractivity contribution in [3.63, 3.8) is 0 Å². The maximum Gasteiger partial charge on any atom is 0.321 e. The summed E-state index contributed by atoms with van der Waals surface area (Å²) in [6, 6.07) is 16.1. The number of carbonyl (C=O) groups excluding carboxylic acids is 1. The molecule has 0 fully saturated rings. The van der Waals surface area contributed by atoms with Crippen LogP contribution in [-0.2, 0) is 29.1 Å². The second-order valence-corrected chi connectivity index (χ2v) is 13.9. The highest BCUT2D eigenvalue weighted by atomic mass is 35.5. The number of aromatic hydroxyl groups is 1. The molecule has 0 radical (unpaired) electrons. The van der Waals surface area contributed by atoms with E-state index in [1.807, 2.05) is 32.0 Å². The molecule has 0 atom stereocenters. The molecular formula is C34H44ClFN2O2. The van der Waals surface area contributed by atoms with Gasteiger partial charge in [-0.05, 0) is 69.7 Å². The molecule has 3 rings (SSSR count). The number of carbonyl (C=O) groups is 1. The molecule has 4 nitrogen and oxygen atoms in total. The minimum atomic E-state index is -0.580. The van der Waals surface area contributed by atoms with Gasteiger partial charge in [-0.25, -0.2) is 9.18 Å². The lowest BCUT2D eigenvalue weighted by Crippen LogP contribution is -2.41. The number of nitrogens with zero attached hydrogens (tertiary/aromatic N) is 1. The molecule has 3 aromatic rings. The van der Waals surface area contributed by atoms with Gasteiger partial charge >= 0.3 is 6.03 Å². The maximum atomic E-state index is 14.5. The van der Waals surface area contributed by atoms with Crippen LogP contribution in [-0.4, -0.2) is 29.6 Å². The molecular weight excluding hydrogens is 523 g/mol. The molecule has 6 heteroatoms. The monoisotopic (exact) mass is 566 g/mol. The van der Waals surface area contributed by atoms with E-state index >= 15 is 0 Å².